The topological polar surface area (TPSA) is 60.0 Å². The lowest BCUT2D eigenvalue weighted by molar-refractivity contribution is 0.00578. The van der Waals surface area contributed by atoms with E-state index in [0.717, 1.165) is 37.3 Å². The number of hydrogen-bond acceptors (Lipinski definition) is 6. The predicted molar refractivity (Wildman–Crippen MR) is 112 cm³/mol. The summed E-state index contributed by atoms with van der Waals surface area (Å²) >= 11 is 0. The summed E-state index contributed by atoms with van der Waals surface area (Å²) in [5.41, 5.74) is 0.941. The van der Waals surface area contributed by atoms with Crippen molar-refractivity contribution < 1.29 is 18.8 Å². The van der Waals surface area contributed by atoms with Crippen LogP contribution < -0.4 is 15.7 Å². The third kappa shape index (κ3) is 4.53. The molecule has 7 heteroatoms. The van der Waals surface area contributed by atoms with Crippen LogP contribution in [0.15, 0.2) is 18.2 Å². The van der Waals surface area contributed by atoms with Gasteiger partial charge in [0.15, 0.2) is 0 Å². The average Bonchev–Trinajstić information content (AvgIpc) is 2.81. The molecule has 28 heavy (non-hydrogen) atoms. The minimum absolute atomic E-state index is 0.331. The molecule has 2 aliphatic heterocycles. The van der Waals surface area contributed by atoms with E-state index >= 15 is 0 Å². The molecule has 1 aromatic rings. The summed E-state index contributed by atoms with van der Waals surface area (Å²) in [5.74, 6) is -0.331. The van der Waals surface area contributed by atoms with Gasteiger partial charge >= 0.3 is 13.1 Å². The van der Waals surface area contributed by atoms with E-state index in [4.69, 9.17) is 14.0 Å². The van der Waals surface area contributed by atoms with E-state index < -0.39 is 23.9 Å². The maximum atomic E-state index is 12.8. The van der Waals surface area contributed by atoms with E-state index in [0.29, 0.717) is 5.56 Å². The van der Waals surface area contributed by atoms with Crippen molar-refractivity contribution in [2.45, 2.75) is 65.3 Å². The van der Waals surface area contributed by atoms with E-state index in [1.165, 1.54) is 0 Å². The Hall–Kier alpha value is -1.57. The largest absolute Gasteiger partial charge is 0.494 e. The third-order valence-corrected chi connectivity index (χ3v) is 5.58. The number of piperazine rings is 1. The lowest BCUT2D eigenvalue weighted by Gasteiger charge is -2.32. The second kappa shape index (κ2) is 7.36. The fourth-order valence-electron chi connectivity index (χ4n) is 3.31. The summed E-state index contributed by atoms with van der Waals surface area (Å²) in [6.07, 6.45) is 0. The molecular weight excluding hydrogens is 355 g/mol. The summed E-state index contributed by atoms with van der Waals surface area (Å²) in [4.78, 5) is 15.1. The van der Waals surface area contributed by atoms with Crippen LogP contribution in [0.1, 0.15) is 58.8 Å². The molecule has 1 N–H and O–H groups in total. The van der Waals surface area contributed by atoms with Gasteiger partial charge in [-0.15, -0.1) is 0 Å². The number of esters is 1. The summed E-state index contributed by atoms with van der Waals surface area (Å²) in [6.45, 7) is 17.4. The van der Waals surface area contributed by atoms with Gasteiger partial charge in [-0.05, 0) is 72.1 Å². The molecule has 0 spiro atoms. The molecular formula is C21H33BN2O4. The van der Waals surface area contributed by atoms with E-state index in [-0.39, 0.29) is 5.97 Å². The number of anilines is 1. The van der Waals surface area contributed by atoms with E-state index in [1.54, 1.807) is 0 Å². The Labute approximate surface area is 169 Å². The summed E-state index contributed by atoms with van der Waals surface area (Å²) < 4.78 is 18.1. The normalized spacial score (nSPS) is 21.7. The lowest BCUT2D eigenvalue weighted by atomic mass is 9.78. The molecule has 0 saturated carbocycles. The molecule has 0 radical (unpaired) electrons. The minimum atomic E-state index is -0.549. The minimum Gasteiger partial charge on any atom is -0.456 e. The summed E-state index contributed by atoms with van der Waals surface area (Å²) in [6, 6.07) is 5.82. The zero-order valence-corrected chi connectivity index (χ0v) is 18.2. The standard InChI is InChI=1S/C21H33BN2O4/c1-19(2,3)26-18(25)15-12-16(22-27-20(4,5)21(6,7)28-22)14-17(13-15)24-10-8-23-9-11-24/h12-14,23H,8-11H2,1-7H3. The van der Waals surface area contributed by atoms with Crippen molar-refractivity contribution in [1.82, 2.24) is 5.32 Å². The SMILES string of the molecule is CC(C)(C)OC(=O)c1cc(B2OC(C)(C)C(C)(C)O2)cc(N2CCNCC2)c1. The molecule has 0 unspecified atom stereocenters. The average molecular weight is 388 g/mol. The molecule has 0 aliphatic carbocycles. The fourth-order valence-corrected chi connectivity index (χ4v) is 3.31. The Morgan fingerprint density at radius 2 is 1.64 bits per heavy atom. The molecule has 6 nitrogen and oxygen atoms in total. The van der Waals surface area contributed by atoms with Gasteiger partial charge in [0, 0.05) is 31.9 Å². The Morgan fingerprint density at radius 1 is 1.07 bits per heavy atom. The first-order valence-electron chi connectivity index (χ1n) is 10.1. The second-order valence-electron chi connectivity index (χ2n) is 9.64. The highest BCUT2D eigenvalue weighted by Crippen LogP contribution is 2.36. The molecule has 1 aromatic carbocycles. The highest BCUT2D eigenvalue weighted by Gasteiger charge is 2.52. The van der Waals surface area contributed by atoms with Crippen molar-refractivity contribution in [3.8, 4) is 0 Å². The van der Waals surface area contributed by atoms with Crippen molar-refractivity contribution in [1.29, 1.82) is 0 Å². The fraction of sp³-hybridized carbons (Fsp3) is 0.667. The molecule has 3 rings (SSSR count). The van der Waals surface area contributed by atoms with Crippen molar-refractivity contribution in [2.75, 3.05) is 31.1 Å². The van der Waals surface area contributed by atoms with E-state index in [9.17, 15) is 4.79 Å². The van der Waals surface area contributed by atoms with Crippen LogP contribution >= 0.6 is 0 Å². The number of nitrogens with zero attached hydrogens (tertiary/aromatic N) is 1. The Kier molecular flexibility index (Phi) is 5.56. The molecule has 0 aromatic heterocycles. The van der Waals surface area contributed by atoms with Crippen LogP contribution in [-0.2, 0) is 14.0 Å². The summed E-state index contributed by atoms with van der Waals surface area (Å²) in [7, 11) is -0.519. The van der Waals surface area contributed by atoms with Crippen molar-refractivity contribution >= 4 is 24.2 Å². The molecule has 2 saturated heterocycles. The van der Waals surface area contributed by atoms with Crippen LogP contribution in [0, 0.1) is 0 Å². The van der Waals surface area contributed by atoms with Gasteiger partial charge in [-0.3, -0.25) is 0 Å². The van der Waals surface area contributed by atoms with Crippen molar-refractivity contribution in [3.05, 3.63) is 23.8 Å². The number of benzene rings is 1. The lowest BCUT2D eigenvalue weighted by Crippen LogP contribution is -2.44. The van der Waals surface area contributed by atoms with E-state index in [1.807, 2.05) is 60.6 Å². The highest BCUT2D eigenvalue weighted by atomic mass is 16.7. The predicted octanol–water partition coefficient (Wildman–Crippen LogP) is 2.35. The third-order valence-electron chi connectivity index (χ3n) is 5.58. The van der Waals surface area contributed by atoms with E-state index in [2.05, 4.69) is 16.3 Å². The number of rotatable bonds is 3. The van der Waals surface area contributed by atoms with Gasteiger partial charge in [0.2, 0.25) is 0 Å². The first kappa shape index (κ1) is 21.2. The molecule has 2 heterocycles. The number of carbonyl (C=O) groups is 1. The van der Waals surface area contributed by atoms with Crippen LogP contribution in [0.3, 0.4) is 0 Å². The Bertz CT molecular complexity index is 720. The number of carbonyl (C=O) groups excluding carboxylic acids is 1. The molecule has 2 fully saturated rings. The summed E-state index contributed by atoms with van der Waals surface area (Å²) in [5, 5.41) is 3.36. The van der Waals surface area contributed by atoms with Gasteiger partial charge in [-0.1, -0.05) is 0 Å². The monoisotopic (exact) mass is 388 g/mol. The Morgan fingerprint density at radius 3 is 2.18 bits per heavy atom. The first-order valence-corrected chi connectivity index (χ1v) is 10.1. The zero-order chi connectivity index (χ0) is 20.7. The maximum absolute atomic E-state index is 12.8. The van der Waals surface area contributed by atoms with Crippen molar-refractivity contribution in [3.63, 3.8) is 0 Å². The molecule has 0 atom stereocenters. The number of nitrogens with one attached hydrogen (secondary N) is 1. The van der Waals surface area contributed by atoms with Crippen LogP contribution in [0.4, 0.5) is 5.69 Å². The number of ether oxygens (including phenoxy) is 1. The van der Waals surface area contributed by atoms with Crippen LogP contribution in [-0.4, -0.2) is 56.1 Å². The van der Waals surface area contributed by atoms with Gasteiger partial charge in [0.25, 0.3) is 0 Å². The van der Waals surface area contributed by atoms with Gasteiger partial charge in [0.1, 0.15) is 5.60 Å². The molecule has 0 bridgehead atoms. The quantitative estimate of drug-likeness (QED) is 0.634. The van der Waals surface area contributed by atoms with Gasteiger partial charge in [0.05, 0.1) is 16.8 Å². The molecule has 2 aliphatic rings. The molecule has 0 amide bonds. The van der Waals surface area contributed by atoms with Crippen LogP contribution in [0.2, 0.25) is 0 Å². The maximum Gasteiger partial charge on any atom is 0.494 e. The second-order valence-corrected chi connectivity index (χ2v) is 9.64. The van der Waals surface area contributed by atoms with Crippen molar-refractivity contribution in [2.24, 2.45) is 0 Å². The molecule has 154 valence electrons. The highest BCUT2D eigenvalue weighted by molar-refractivity contribution is 6.62. The van der Waals surface area contributed by atoms with Crippen LogP contribution in [0.5, 0.6) is 0 Å². The van der Waals surface area contributed by atoms with Gasteiger partial charge < -0.3 is 24.3 Å². The number of hydrogen-bond donors (Lipinski definition) is 1. The van der Waals surface area contributed by atoms with Gasteiger partial charge in [-0.2, -0.15) is 0 Å². The Balaban J connectivity index is 1.97. The van der Waals surface area contributed by atoms with Crippen LogP contribution in [0.25, 0.3) is 0 Å². The smallest absolute Gasteiger partial charge is 0.456 e. The zero-order valence-electron chi connectivity index (χ0n) is 18.2. The van der Waals surface area contributed by atoms with Gasteiger partial charge in [-0.25, -0.2) is 4.79 Å². The first-order chi connectivity index (χ1) is 12.9.